The number of hydrogen-bond donors (Lipinski definition) is 1. The molecule has 0 aromatic heterocycles. The monoisotopic (exact) mass is 184 g/mol. The van der Waals surface area contributed by atoms with Crippen molar-refractivity contribution in [1.82, 2.24) is 0 Å². The van der Waals surface area contributed by atoms with Gasteiger partial charge in [0.1, 0.15) is 5.75 Å². The summed E-state index contributed by atoms with van der Waals surface area (Å²) in [5.41, 5.74) is 0. The van der Waals surface area contributed by atoms with Crippen LogP contribution in [0.4, 0.5) is 0 Å². The second-order valence-electron chi connectivity index (χ2n) is 1.48. The third-order valence-electron chi connectivity index (χ3n) is 0.886. The van der Waals surface area contributed by atoms with E-state index in [-0.39, 0.29) is 49.7 Å². The van der Waals surface area contributed by atoms with E-state index in [0.717, 1.165) is 0 Å². The van der Waals surface area contributed by atoms with Crippen molar-refractivity contribution in [3.05, 3.63) is 30.3 Å². The fourth-order valence-corrected chi connectivity index (χ4v) is 0.732. The van der Waals surface area contributed by atoms with Crippen molar-refractivity contribution >= 4 is 49.7 Å². The van der Waals surface area contributed by atoms with Crippen molar-refractivity contribution in [3.63, 3.8) is 0 Å². The Balaban J connectivity index is 0.000000810. The molecule has 2 nitrogen and oxygen atoms in total. The van der Waals surface area contributed by atoms with Gasteiger partial charge >= 0.3 is 37.7 Å². The summed E-state index contributed by atoms with van der Waals surface area (Å²) in [5.74, 6) is 0.620. The van der Waals surface area contributed by atoms with E-state index in [0.29, 0.717) is 5.75 Å². The van der Waals surface area contributed by atoms with Gasteiger partial charge in [-0.15, -0.1) is 0 Å². The van der Waals surface area contributed by atoms with Crippen LogP contribution in [-0.2, 0) is 11.9 Å². The standard InChI is InChI=1S/C6H6O2S.Ca.2H/c7-9-8-6-4-2-1-3-5-6;;;/h1-5,9H;;;. The molecule has 0 saturated carbocycles. The van der Waals surface area contributed by atoms with Gasteiger partial charge in [-0.05, 0) is 12.1 Å². The van der Waals surface area contributed by atoms with Gasteiger partial charge in [0.05, 0.1) is 0 Å². The first-order chi connectivity index (χ1) is 4.43. The van der Waals surface area contributed by atoms with Crippen LogP contribution < -0.4 is 4.18 Å². The predicted octanol–water partition coefficient (Wildman–Crippen LogP) is 0.00950. The van der Waals surface area contributed by atoms with E-state index in [4.69, 9.17) is 0 Å². The Hall–Kier alpha value is 0.430. The Morgan fingerprint density at radius 2 is 1.80 bits per heavy atom. The van der Waals surface area contributed by atoms with Crippen molar-refractivity contribution in [2.45, 2.75) is 0 Å². The van der Waals surface area contributed by atoms with Crippen LogP contribution in [0.25, 0.3) is 0 Å². The molecule has 0 bridgehead atoms. The number of rotatable bonds is 2. The van der Waals surface area contributed by atoms with Crippen LogP contribution in [0.5, 0.6) is 5.75 Å². The zero-order chi connectivity index (χ0) is 6.53. The molecular formula is C6H8CaO2S. The molecule has 1 aromatic rings. The second-order valence-corrected chi connectivity index (χ2v) is 1.81. The number of benzene rings is 1. The molecule has 0 fully saturated rings. The van der Waals surface area contributed by atoms with E-state index in [1.54, 1.807) is 12.1 Å². The summed E-state index contributed by atoms with van der Waals surface area (Å²) in [7, 11) is 0. The minimum atomic E-state index is -0.305. The summed E-state index contributed by atoms with van der Waals surface area (Å²) in [6.07, 6.45) is 0. The number of hydrogen-bond acceptors (Lipinski definition) is 2. The van der Waals surface area contributed by atoms with Gasteiger partial charge in [0.2, 0.25) is 0 Å². The molecule has 1 aromatic carbocycles. The van der Waals surface area contributed by atoms with Crippen LogP contribution in [0, 0.1) is 0 Å². The van der Waals surface area contributed by atoms with Gasteiger partial charge in [0, 0.05) is 0 Å². The van der Waals surface area contributed by atoms with Gasteiger partial charge < -0.3 is 4.18 Å². The average Bonchev–Trinajstić information content (AvgIpc) is 1.91. The molecule has 0 heterocycles. The Labute approximate surface area is 93.3 Å². The second kappa shape index (κ2) is 6.16. The molecule has 0 radical (unpaired) electrons. The Morgan fingerprint density at radius 1 is 1.20 bits per heavy atom. The fraction of sp³-hybridized carbons (Fsp3) is 0. The summed E-state index contributed by atoms with van der Waals surface area (Å²) in [6.45, 7) is 0. The molecule has 1 rings (SSSR count). The van der Waals surface area contributed by atoms with Gasteiger partial charge in [-0.3, -0.25) is 0 Å². The van der Waals surface area contributed by atoms with Crippen molar-refractivity contribution in [2.24, 2.45) is 0 Å². The maximum atomic E-state index is 9.85. The maximum absolute atomic E-state index is 9.85. The molecule has 0 aliphatic carbocycles. The van der Waals surface area contributed by atoms with Gasteiger partial charge in [-0.25, -0.2) is 4.21 Å². The Kier molecular flexibility index (Phi) is 6.42. The molecule has 4 heteroatoms. The van der Waals surface area contributed by atoms with Crippen molar-refractivity contribution in [2.75, 3.05) is 0 Å². The molecule has 10 heavy (non-hydrogen) atoms. The Bertz CT molecular complexity index is 190. The van der Waals surface area contributed by atoms with E-state index >= 15 is 0 Å². The molecule has 0 amide bonds. The van der Waals surface area contributed by atoms with E-state index in [1.807, 2.05) is 18.2 Å². The van der Waals surface area contributed by atoms with E-state index in [2.05, 4.69) is 4.18 Å². The van der Waals surface area contributed by atoms with Crippen molar-refractivity contribution < 1.29 is 8.39 Å². The van der Waals surface area contributed by atoms with Crippen molar-refractivity contribution in [3.8, 4) is 5.75 Å². The molecule has 0 aliphatic rings. The van der Waals surface area contributed by atoms with Gasteiger partial charge in [-0.1, -0.05) is 18.2 Å². The molecule has 52 valence electrons. The minimum absolute atomic E-state index is 0. The first-order valence-corrected chi connectivity index (χ1v) is 3.21. The molecule has 0 saturated heterocycles. The number of thiol groups is 1. The first kappa shape index (κ1) is 10.4. The van der Waals surface area contributed by atoms with Crippen LogP contribution in [0.2, 0.25) is 0 Å². The third kappa shape index (κ3) is 3.56. The van der Waals surface area contributed by atoms with Crippen LogP contribution in [-0.4, -0.2) is 41.9 Å². The summed E-state index contributed by atoms with van der Waals surface area (Å²) in [4.78, 5) is 0. The summed E-state index contributed by atoms with van der Waals surface area (Å²) < 4.78 is 14.5. The van der Waals surface area contributed by atoms with Gasteiger partial charge in [-0.2, -0.15) is 0 Å². The zero-order valence-electron chi connectivity index (χ0n) is 4.65. The van der Waals surface area contributed by atoms with Crippen LogP contribution in [0.3, 0.4) is 0 Å². The summed E-state index contributed by atoms with van der Waals surface area (Å²) in [6, 6.07) is 8.99. The third-order valence-corrected chi connectivity index (χ3v) is 1.17. The van der Waals surface area contributed by atoms with E-state index in [1.165, 1.54) is 0 Å². The van der Waals surface area contributed by atoms with Crippen LogP contribution in [0.1, 0.15) is 0 Å². The van der Waals surface area contributed by atoms with Crippen molar-refractivity contribution in [1.29, 1.82) is 0 Å². The fourth-order valence-electron chi connectivity index (χ4n) is 0.524. The zero-order valence-corrected chi connectivity index (χ0v) is 5.54. The van der Waals surface area contributed by atoms with Crippen LogP contribution in [0.15, 0.2) is 30.3 Å². The quantitative estimate of drug-likeness (QED) is 0.517. The summed E-state index contributed by atoms with van der Waals surface area (Å²) in [5, 5.41) is 0. The first-order valence-electron chi connectivity index (χ1n) is 2.48. The van der Waals surface area contributed by atoms with E-state index in [9.17, 15) is 4.21 Å². The number of para-hydroxylation sites is 1. The normalized spacial score (nSPS) is 8.00. The SMILES string of the molecule is O=[SH]Oc1ccccc1.[CaH2]. The molecule has 0 spiro atoms. The predicted molar refractivity (Wildman–Crippen MR) is 45.2 cm³/mol. The molecule has 0 unspecified atom stereocenters. The Morgan fingerprint density at radius 3 is 2.30 bits per heavy atom. The van der Waals surface area contributed by atoms with Crippen LogP contribution >= 0.6 is 0 Å². The summed E-state index contributed by atoms with van der Waals surface area (Å²) >= 11 is -0.305. The molecule has 0 atom stereocenters. The molecule has 0 aliphatic heterocycles. The van der Waals surface area contributed by atoms with E-state index < -0.39 is 0 Å². The molecular weight excluding hydrogens is 176 g/mol. The topological polar surface area (TPSA) is 26.3 Å². The van der Waals surface area contributed by atoms with Gasteiger partial charge in [0.25, 0.3) is 0 Å². The molecule has 0 N–H and O–H groups in total. The average molecular weight is 184 g/mol. The van der Waals surface area contributed by atoms with Gasteiger partial charge in [0.15, 0.2) is 11.9 Å².